The summed E-state index contributed by atoms with van der Waals surface area (Å²) in [5.41, 5.74) is 9.32. The third-order valence-corrected chi connectivity index (χ3v) is 5.01. The maximum absolute atomic E-state index is 6.62. The second kappa shape index (κ2) is 4.48. The maximum atomic E-state index is 6.62. The molecule has 0 amide bonds. The third-order valence-electron chi connectivity index (χ3n) is 5.01. The van der Waals surface area contributed by atoms with Crippen LogP contribution >= 0.6 is 0 Å². The third kappa shape index (κ3) is 1.95. The highest BCUT2D eigenvalue weighted by Crippen LogP contribution is 2.58. The molecule has 19 heavy (non-hydrogen) atoms. The lowest BCUT2D eigenvalue weighted by Crippen LogP contribution is -2.46. The molecule has 2 atom stereocenters. The molecule has 1 aromatic rings. The zero-order valence-corrected chi connectivity index (χ0v) is 12.9. The van der Waals surface area contributed by atoms with E-state index in [-0.39, 0.29) is 16.9 Å². The van der Waals surface area contributed by atoms with Gasteiger partial charge in [0.1, 0.15) is 0 Å². The zero-order valence-electron chi connectivity index (χ0n) is 12.9. The van der Waals surface area contributed by atoms with Gasteiger partial charge in [0.25, 0.3) is 0 Å². The van der Waals surface area contributed by atoms with E-state index in [1.165, 1.54) is 11.1 Å². The van der Waals surface area contributed by atoms with Crippen LogP contribution in [-0.2, 0) is 6.42 Å². The number of aromatic nitrogens is 1. The first-order valence-corrected chi connectivity index (χ1v) is 7.02. The Morgan fingerprint density at radius 3 is 2.53 bits per heavy atom. The van der Waals surface area contributed by atoms with Crippen molar-refractivity contribution in [1.82, 2.24) is 4.98 Å². The van der Waals surface area contributed by atoms with Crippen molar-refractivity contribution < 1.29 is 4.74 Å². The van der Waals surface area contributed by atoms with E-state index in [0.717, 1.165) is 6.42 Å². The lowest BCUT2D eigenvalue weighted by Gasteiger charge is -2.48. The molecular weight excluding hydrogens is 236 g/mol. The fourth-order valence-electron chi connectivity index (χ4n) is 3.89. The van der Waals surface area contributed by atoms with Gasteiger partial charge in [-0.15, -0.1) is 0 Å². The van der Waals surface area contributed by atoms with Gasteiger partial charge >= 0.3 is 0 Å². The summed E-state index contributed by atoms with van der Waals surface area (Å²) in [6, 6.07) is 2.09. The second-order valence-electron chi connectivity index (χ2n) is 7.02. The van der Waals surface area contributed by atoms with Crippen molar-refractivity contribution in [1.29, 1.82) is 0 Å². The monoisotopic (exact) mass is 262 g/mol. The molecule has 0 saturated carbocycles. The molecule has 0 aliphatic heterocycles. The van der Waals surface area contributed by atoms with Crippen LogP contribution in [0.25, 0.3) is 0 Å². The van der Waals surface area contributed by atoms with Crippen LogP contribution in [0.3, 0.4) is 0 Å². The smallest absolute Gasteiger partial charge is 0.213 e. The standard InChI is InChI=1S/C16H26N2O/c1-10(2)16(15(3,4)5)8-11-7-13(19-6)18-9-12(11)14(16)17/h7,9-10,14H,8,17H2,1-6H3/t14-,16?/m1/s1. The Morgan fingerprint density at radius 2 is 2.05 bits per heavy atom. The normalized spacial score (nSPS) is 26.6. The summed E-state index contributed by atoms with van der Waals surface area (Å²) >= 11 is 0. The van der Waals surface area contributed by atoms with E-state index in [4.69, 9.17) is 10.5 Å². The minimum absolute atomic E-state index is 0.0425. The predicted octanol–water partition coefficient (Wildman–Crippen LogP) is 3.33. The lowest BCUT2D eigenvalue weighted by molar-refractivity contribution is 0.0139. The first kappa shape index (κ1) is 14.3. The van der Waals surface area contributed by atoms with Gasteiger partial charge in [-0.3, -0.25) is 0 Å². The number of fused-ring (bicyclic) bond motifs is 1. The molecule has 2 rings (SSSR count). The highest BCUT2D eigenvalue weighted by atomic mass is 16.5. The maximum Gasteiger partial charge on any atom is 0.213 e. The first-order valence-electron chi connectivity index (χ1n) is 7.02. The summed E-state index contributed by atoms with van der Waals surface area (Å²) in [5.74, 6) is 1.19. The summed E-state index contributed by atoms with van der Waals surface area (Å²) in [6.45, 7) is 11.4. The zero-order chi connectivity index (χ0) is 14.4. The van der Waals surface area contributed by atoms with Gasteiger partial charge in [0, 0.05) is 23.7 Å². The van der Waals surface area contributed by atoms with Gasteiger partial charge in [-0.1, -0.05) is 34.6 Å². The Hall–Kier alpha value is -1.09. The van der Waals surface area contributed by atoms with Crippen LogP contribution in [0.4, 0.5) is 0 Å². The van der Waals surface area contributed by atoms with Crippen LogP contribution in [0.15, 0.2) is 12.3 Å². The van der Waals surface area contributed by atoms with Crippen molar-refractivity contribution in [2.24, 2.45) is 22.5 Å². The van der Waals surface area contributed by atoms with Crippen molar-refractivity contribution in [3.8, 4) is 5.88 Å². The average Bonchev–Trinajstić information content (AvgIpc) is 2.62. The van der Waals surface area contributed by atoms with E-state index in [1.807, 2.05) is 12.3 Å². The van der Waals surface area contributed by atoms with E-state index in [1.54, 1.807) is 7.11 Å². The van der Waals surface area contributed by atoms with Gasteiger partial charge in [-0.2, -0.15) is 0 Å². The molecule has 1 aliphatic rings. The average molecular weight is 262 g/mol. The number of ether oxygens (including phenoxy) is 1. The Labute approximate surface area is 116 Å². The molecule has 106 valence electrons. The minimum atomic E-state index is 0.0425. The number of methoxy groups -OCH3 is 1. The van der Waals surface area contributed by atoms with Crippen molar-refractivity contribution in [2.75, 3.05) is 7.11 Å². The van der Waals surface area contributed by atoms with Crippen LogP contribution in [0.1, 0.15) is 51.8 Å². The highest BCUT2D eigenvalue weighted by Gasteiger charge is 2.53. The van der Waals surface area contributed by atoms with Crippen molar-refractivity contribution in [3.63, 3.8) is 0 Å². The molecule has 0 spiro atoms. The Balaban J connectivity index is 2.53. The first-order chi connectivity index (χ1) is 8.74. The molecule has 0 aromatic carbocycles. The summed E-state index contributed by atoms with van der Waals surface area (Å²) in [5, 5.41) is 0. The van der Waals surface area contributed by atoms with Crippen molar-refractivity contribution in [2.45, 2.75) is 47.1 Å². The topological polar surface area (TPSA) is 48.1 Å². The van der Waals surface area contributed by atoms with Crippen molar-refractivity contribution >= 4 is 0 Å². The van der Waals surface area contributed by atoms with Gasteiger partial charge < -0.3 is 10.5 Å². The number of nitrogens with two attached hydrogens (primary N) is 1. The predicted molar refractivity (Wildman–Crippen MR) is 78.1 cm³/mol. The van der Waals surface area contributed by atoms with Gasteiger partial charge in [0.2, 0.25) is 5.88 Å². The van der Waals surface area contributed by atoms with Gasteiger partial charge in [-0.05, 0) is 28.9 Å². The van der Waals surface area contributed by atoms with Gasteiger partial charge in [-0.25, -0.2) is 4.98 Å². The summed E-state index contributed by atoms with van der Waals surface area (Å²) < 4.78 is 5.24. The number of nitrogens with zero attached hydrogens (tertiary/aromatic N) is 1. The van der Waals surface area contributed by atoms with Gasteiger partial charge in [0.05, 0.1) is 7.11 Å². The van der Waals surface area contributed by atoms with Crippen LogP contribution in [0.2, 0.25) is 0 Å². The number of hydrogen-bond acceptors (Lipinski definition) is 3. The second-order valence-corrected chi connectivity index (χ2v) is 7.02. The number of pyridine rings is 1. The number of hydrogen-bond donors (Lipinski definition) is 1. The summed E-state index contributed by atoms with van der Waals surface area (Å²) in [7, 11) is 1.66. The minimum Gasteiger partial charge on any atom is -0.481 e. The molecule has 2 N–H and O–H groups in total. The Kier molecular flexibility index (Phi) is 3.38. The van der Waals surface area contributed by atoms with Crippen molar-refractivity contribution in [3.05, 3.63) is 23.4 Å². The van der Waals surface area contributed by atoms with E-state index in [9.17, 15) is 0 Å². The molecular formula is C16H26N2O. The Bertz CT molecular complexity index is 476. The highest BCUT2D eigenvalue weighted by molar-refractivity contribution is 5.40. The Morgan fingerprint density at radius 1 is 1.42 bits per heavy atom. The molecule has 1 heterocycles. The molecule has 1 aromatic heterocycles. The van der Waals surface area contributed by atoms with E-state index in [0.29, 0.717) is 11.8 Å². The fourth-order valence-corrected chi connectivity index (χ4v) is 3.89. The summed E-state index contributed by atoms with van der Waals surface area (Å²) in [4.78, 5) is 4.32. The molecule has 0 saturated heterocycles. The fraction of sp³-hybridized carbons (Fsp3) is 0.688. The van der Waals surface area contributed by atoms with Crippen LogP contribution in [-0.4, -0.2) is 12.1 Å². The molecule has 1 unspecified atom stereocenters. The molecule has 3 nitrogen and oxygen atoms in total. The van der Waals surface area contributed by atoms with E-state index >= 15 is 0 Å². The molecule has 0 bridgehead atoms. The van der Waals surface area contributed by atoms with Crippen LogP contribution in [0, 0.1) is 16.7 Å². The SMILES string of the molecule is COc1cc2c(cn1)[C@@H](N)C(C(C)C)(C(C)(C)C)C2. The molecule has 3 heteroatoms. The summed E-state index contributed by atoms with van der Waals surface area (Å²) in [6.07, 6.45) is 2.90. The quantitative estimate of drug-likeness (QED) is 0.889. The lowest BCUT2D eigenvalue weighted by atomic mass is 9.57. The van der Waals surface area contributed by atoms with Crippen LogP contribution in [0.5, 0.6) is 5.88 Å². The van der Waals surface area contributed by atoms with Crippen LogP contribution < -0.4 is 10.5 Å². The molecule has 0 fully saturated rings. The van der Waals surface area contributed by atoms with Gasteiger partial charge in [0.15, 0.2) is 0 Å². The number of rotatable bonds is 2. The molecule has 0 radical (unpaired) electrons. The largest absolute Gasteiger partial charge is 0.481 e. The van der Waals surface area contributed by atoms with E-state index < -0.39 is 0 Å². The molecule has 1 aliphatic carbocycles. The van der Waals surface area contributed by atoms with E-state index in [2.05, 4.69) is 39.6 Å².